The largest absolute Gasteiger partial charge is 0.467 e. The Hall–Kier alpha value is -1.51. The van der Waals surface area contributed by atoms with E-state index in [1.807, 2.05) is 24.3 Å². The second-order valence-electron chi connectivity index (χ2n) is 3.44. The van der Waals surface area contributed by atoms with Crippen molar-refractivity contribution in [1.29, 1.82) is 0 Å². The monoisotopic (exact) mass is 207 g/mol. The lowest BCUT2D eigenvalue weighted by molar-refractivity contribution is -0.141. The molecule has 0 spiro atoms. The highest BCUT2D eigenvalue weighted by atomic mass is 16.5. The number of methoxy groups -OCH3 is 1. The number of anilines is 1. The quantitative estimate of drug-likeness (QED) is 0.769. The van der Waals surface area contributed by atoms with Gasteiger partial charge in [-0.25, -0.2) is 4.79 Å². The van der Waals surface area contributed by atoms with Gasteiger partial charge in [0.25, 0.3) is 0 Å². The molecule has 15 heavy (non-hydrogen) atoms. The zero-order valence-corrected chi connectivity index (χ0v) is 9.41. The summed E-state index contributed by atoms with van der Waals surface area (Å²) in [5, 5.41) is 3.07. The highest BCUT2D eigenvalue weighted by Crippen LogP contribution is 2.11. The standard InChI is InChI=1S/C12H17NO2/c1-4-10-5-7-11(8-6-10)13-9(2)12(14)15-3/h5-9,13H,4H2,1-3H3. The lowest BCUT2D eigenvalue weighted by atomic mass is 10.1. The molecule has 0 heterocycles. The minimum atomic E-state index is -0.317. The van der Waals surface area contributed by atoms with Crippen molar-refractivity contribution < 1.29 is 9.53 Å². The van der Waals surface area contributed by atoms with Crippen LogP contribution in [0.3, 0.4) is 0 Å². The number of carbonyl (C=O) groups is 1. The Morgan fingerprint density at radius 3 is 2.47 bits per heavy atom. The first-order valence-electron chi connectivity index (χ1n) is 5.10. The third-order valence-corrected chi connectivity index (χ3v) is 2.30. The van der Waals surface area contributed by atoms with Crippen molar-refractivity contribution in [2.45, 2.75) is 26.3 Å². The van der Waals surface area contributed by atoms with Gasteiger partial charge in [0, 0.05) is 5.69 Å². The number of carbonyl (C=O) groups excluding carboxylic acids is 1. The third-order valence-electron chi connectivity index (χ3n) is 2.30. The number of aryl methyl sites for hydroxylation is 1. The van der Waals surface area contributed by atoms with Gasteiger partial charge in [-0.1, -0.05) is 19.1 Å². The van der Waals surface area contributed by atoms with E-state index in [1.165, 1.54) is 12.7 Å². The molecule has 1 N–H and O–H groups in total. The molecule has 1 unspecified atom stereocenters. The minimum absolute atomic E-state index is 0.255. The number of benzene rings is 1. The van der Waals surface area contributed by atoms with Crippen molar-refractivity contribution >= 4 is 11.7 Å². The molecule has 0 aliphatic carbocycles. The van der Waals surface area contributed by atoms with Gasteiger partial charge < -0.3 is 10.1 Å². The van der Waals surface area contributed by atoms with Gasteiger partial charge in [0.2, 0.25) is 0 Å². The smallest absolute Gasteiger partial charge is 0.327 e. The number of nitrogens with one attached hydrogen (secondary N) is 1. The molecule has 0 aliphatic rings. The first-order chi connectivity index (χ1) is 7.17. The molecule has 0 radical (unpaired) electrons. The second kappa shape index (κ2) is 5.39. The molecule has 1 atom stereocenters. The fraction of sp³-hybridized carbons (Fsp3) is 0.417. The van der Waals surface area contributed by atoms with Gasteiger partial charge in [0.1, 0.15) is 6.04 Å². The summed E-state index contributed by atoms with van der Waals surface area (Å²) in [6.45, 7) is 3.89. The molecule has 1 aromatic rings. The van der Waals surface area contributed by atoms with Crippen LogP contribution in [-0.4, -0.2) is 19.1 Å². The van der Waals surface area contributed by atoms with E-state index in [9.17, 15) is 4.79 Å². The van der Waals surface area contributed by atoms with Crippen LogP contribution in [0, 0.1) is 0 Å². The third kappa shape index (κ3) is 3.27. The molecule has 1 rings (SSSR count). The Labute approximate surface area is 90.4 Å². The van der Waals surface area contributed by atoms with Crippen molar-refractivity contribution in [2.24, 2.45) is 0 Å². The van der Waals surface area contributed by atoms with Crippen molar-refractivity contribution in [3.63, 3.8) is 0 Å². The van der Waals surface area contributed by atoms with Gasteiger partial charge in [-0.2, -0.15) is 0 Å². The molecular weight excluding hydrogens is 190 g/mol. The molecule has 0 fully saturated rings. The van der Waals surface area contributed by atoms with Crippen LogP contribution < -0.4 is 5.32 Å². The first-order valence-corrected chi connectivity index (χ1v) is 5.10. The molecule has 0 saturated heterocycles. The Kier molecular flexibility index (Phi) is 4.16. The minimum Gasteiger partial charge on any atom is -0.467 e. The summed E-state index contributed by atoms with van der Waals surface area (Å²) in [5.41, 5.74) is 2.22. The number of esters is 1. The van der Waals surface area contributed by atoms with Gasteiger partial charge in [0.15, 0.2) is 0 Å². The van der Waals surface area contributed by atoms with E-state index < -0.39 is 0 Å². The van der Waals surface area contributed by atoms with Crippen LogP contribution in [-0.2, 0) is 16.0 Å². The fourth-order valence-electron chi connectivity index (χ4n) is 1.32. The maximum Gasteiger partial charge on any atom is 0.327 e. The Balaban J connectivity index is 2.60. The highest BCUT2D eigenvalue weighted by Gasteiger charge is 2.11. The van der Waals surface area contributed by atoms with Crippen molar-refractivity contribution in [2.75, 3.05) is 12.4 Å². The van der Waals surface area contributed by atoms with Crippen LogP contribution in [0.5, 0.6) is 0 Å². The summed E-state index contributed by atoms with van der Waals surface area (Å²) < 4.78 is 4.63. The van der Waals surface area contributed by atoms with E-state index >= 15 is 0 Å². The number of ether oxygens (including phenoxy) is 1. The van der Waals surface area contributed by atoms with E-state index in [4.69, 9.17) is 0 Å². The summed E-state index contributed by atoms with van der Waals surface area (Å²) in [6.07, 6.45) is 1.02. The molecule has 3 heteroatoms. The summed E-state index contributed by atoms with van der Waals surface area (Å²) in [5.74, 6) is -0.255. The number of rotatable bonds is 4. The lowest BCUT2D eigenvalue weighted by Crippen LogP contribution is -2.27. The predicted octanol–water partition coefficient (Wildman–Crippen LogP) is 2.22. The fourth-order valence-corrected chi connectivity index (χ4v) is 1.32. The van der Waals surface area contributed by atoms with E-state index in [2.05, 4.69) is 17.0 Å². The van der Waals surface area contributed by atoms with Crippen LogP contribution >= 0.6 is 0 Å². The van der Waals surface area contributed by atoms with Gasteiger partial charge in [0.05, 0.1) is 7.11 Å². The number of hydrogen-bond acceptors (Lipinski definition) is 3. The zero-order valence-electron chi connectivity index (χ0n) is 9.41. The second-order valence-corrected chi connectivity index (χ2v) is 3.44. The van der Waals surface area contributed by atoms with Gasteiger partial charge >= 0.3 is 5.97 Å². The van der Waals surface area contributed by atoms with E-state index in [-0.39, 0.29) is 12.0 Å². The topological polar surface area (TPSA) is 38.3 Å². The maximum absolute atomic E-state index is 11.2. The van der Waals surface area contributed by atoms with Crippen LogP contribution in [0.2, 0.25) is 0 Å². The number of hydrogen-bond donors (Lipinski definition) is 1. The predicted molar refractivity (Wildman–Crippen MR) is 60.9 cm³/mol. The van der Waals surface area contributed by atoms with Crippen LogP contribution in [0.4, 0.5) is 5.69 Å². The molecular formula is C12H17NO2. The van der Waals surface area contributed by atoms with Crippen molar-refractivity contribution in [3.05, 3.63) is 29.8 Å². The van der Waals surface area contributed by atoms with E-state index in [1.54, 1.807) is 6.92 Å². The van der Waals surface area contributed by atoms with Crippen LogP contribution in [0.25, 0.3) is 0 Å². The summed E-state index contributed by atoms with van der Waals surface area (Å²) >= 11 is 0. The molecule has 82 valence electrons. The van der Waals surface area contributed by atoms with E-state index in [0.29, 0.717) is 0 Å². The van der Waals surface area contributed by atoms with Gasteiger partial charge in [-0.3, -0.25) is 0 Å². The molecule has 0 aliphatic heterocycles. The molecule has 0 aromatic heterocycles. The summed E-state index contributed by atoms with van der Waals surface area (Å²) in [7, 11) is 1.39. The molecule has 3 nitrogen and oxygen atoms in total. The van der Waals surface area contributed by atoms with Crippen molar-refractivity contribution in [3.8, 4) is 0 Å². The average molecular weight is 207 g/mol. The summed E-state index contributed by atoms with van der Waals surface area (Å²) in [6, 6.07) is 7.72. The Bertz CT molecular complexity index is 319. The molecule has 1 aromatic carbocycles. The average Bonchev–Trinajstić information content (AvgIpc) is 2.29. The normalized spacial score (nSPS) is 11.9. The van der Waals surface area contributed by atoms with E-state index in [0.717, 1.165) is 12.1 Å². The molecule has 0 bridgehead atoms. The van der Waals surface area contributed by atoms with Gasteiger partial charge in [-0.15, -0.1) is 0 Å². The zero-order chi connectivity index (χ0) is 11.3. The summed E-state index contributed by atoms with van der Waals surface area (Å²) in [4.78, 5) is 11.2. The first kappa shape index (κ1) is 11.6. The maximum atomic E-state index is 11.2. The Morgan fingerprint density at radius 1 is 1.40 bits per heavy atom. The lowest BCUT2D eigenvalue weighted by Gasteiger charge is -2.12. The van der Waals surface area contributed by atoms with Crippen LogP contribution in [0.1, 0.15) is 19.4 Å². The van der Waals surface area contributed by atoms with Crippen molar-refractivity contribution in [1.82, 2.24) is 0 Å². The SMILES string of the molecule is CCc1ccc(NC(C)C(=O)OC)cc1. The molecule has 0 amide bonds. The van der Waals surface area contributed by atoms with Crippen LogP contribution in [0.15, 0.2) is 24.3 Å². The van der Waals surface area contributed by atoms with Gasteiger partial charge in [-0.05, 0) is 31.0 Å². The Morgan fingerprint density at radius 2 is 2.00 bits per heavy atom. The highest BCUT2D eigenvalue weighted by molar-refractivity contribution is 5.78. The molecule has 0 saturated carbocycles.